The zero-order chi connectivity index (χ0) is 21.7. The minimum Gasteiger partial charge on any atom is -0.0654 e. The van der Waals surface area contributed by atoms with E-state index in [1.54, 1.807) is 5.56 Å². The van der Waals surface area contributed by atoms with Gasteiger partial charge in [-0.05, 0) is 66.2 Å². The number of unbranched alkanes of at least 4 members (excludes halogenated alkanes) is 8. The van der Waals surface area contributed by atoms with Crippen molar-refractivity contribution in [1.82, 2.24) is 0 Å². The fourth-order valence-corrected chi connectivity index (χ4v) is 5.41. The third kappa shape index (κ3) is 8.13. The lowest BCUT2D eigenvalue weighted by Crippen LogP contribution is -2.13. The second kappa shape index (κ2) is 13.8. The summed E-state index contributed by atoms with van der Waals surface area (Å²) in [7, 11) is 0. The minimum absolute atomic E-state index is 0.788. The van der Waals surface area contributed by atoms with Gasteiger partial charge in [0.15, 0.2) is 0 Å². The minimum atomic E-state index is 0.788. The molecule has 0 N–H and O–H groups in total. The van der Waals surface area contributed by atoms with Crippen LogP contribution in [0.4, 0.5) is 0 Å². The maximum atomic E-state index is 2.40. The first kappa shape index (κ1) is 24.1. The second-order valence-corrected chi connectivity index (χ2v) is 10.0. The zero-order valence-corrected chi connectivity index (χ0v) is 20.4. The maximum absolute atomic E-state index is 2.40. The smallest absolute Gasteiger partial charge is 0.0162 e. The molecule has 0 unspecified atom stereocenters. The van der Waals surface area contributed by atoms with E-state index in [-0.39, 0.29) is 0 Å². The number of aryl methyl sites for hydroxylation is 1. The van der Waals surface area contributed by atoms with E-state index in [1.807, 2.05) is 0 Å². The van der Waals surface area contributed by atoms with Crippen LogP contribution < -0.4 is 0 Å². The topological polar surface area (TPSA) is 0 Å². The Hall–Kier alpha value is -1.56. The largest absolute Gasteiger partial charge is 0.0654 e. The summed E-state index contributed by atoms with van der Waals surface area (Å²) in [4.78, 5) is 0. The first-order valence-corrected chi connectivity index (χ1v) is 13.5. The number of rotatable bonds is 13. The van der Waals surface area contributed by atoms with Gasteiger partial charge < -0.3 is 0 Å². The average molecular weight is 419 g/mol. The molecule has 0 nitrogen and oxygen atoms in total. The number of hydrogen-bond acceptors (Lipinski definition) is 0. The Labute approximate surface area is 192 Å². The van der Waals surface area contributed by atoms with Crippen LogP contribution in [0.3, 0.4) is 0 Å². The van der Waals surface area contributed by atoms with E-state index < -0.39 is 0 Å². The molecule has 0 heteroatoms. The molecule has 1 saturated carbocycles. The molecule has 0 saturated heterocycles. The van der Waals surface area contributed by atoms with Crippen molar-refractivity contribution in [3.05, 3.63) is 59.7 Å². The van der Waals surface area contributed by atoms with Crippen LogP contribution >= 0.6 is 0 Å². The first-order valence-electron chi connectivity index (χ1n) is 13.5. The van der Waals surface area contributed by atoms with Gasteiger partial charge >= 0.3 is 0 Å². The molecular formula is C31H46. The molecule has 170 valence electrons. The van der Waals surface area contributed by atoms with Gasteiger partial charge in [0, 0.05) is 0 Å². The van der Waals surface area contributed by atoms with E-state index in [0.29, 0.717) is 0 Å². The highest BCUT2D eigenvalue weighted by atomic mass is 14.3. The molecule has 0 aliphatic heterocycles. The van der Waals surface area contributed by atoms with Gasteiger partial charge in [0.1, 0.15) is 0 Å². The van der Waals surface area contributed by atoms with Crippen LogP contribution in [0.15, 0.2) is 48.5 Å². The van der Waals surface area contributed by atoms with Gasteiger partial charge in [-0.3, -0.25) is 0 Å². The van der Waals surface area contributed by atoms with Gasteiger partial charge in [-0.2, -0.15) is 0 Å². The van der Waals surface area contributed by atoms with Crippen LogP contribution in [-0.2, 0) is 6.42 Å². The average Bonchev–Trinajstić information content (AvgIpc) is 2.83. The zero-order valence-electron chi connectivity index (χ0n) is 20.4. The number of hydrogen-bond donors (Lipinski definition) is 0. The Balaban J connectivity index is 1.32. The highest BCUT2D eigenvalue weighted by molar-refractivity contribution is 5.64. The third-order valence-electron chi connectivity index (χ3n) is 7.64. The summed E-state index contributed by atoms with van der Waals surface area (Å²) in [5.74, 6) is 1.79. The van der Waals surface area contributed by atoms with Crippen LogP contribution in [0.5, 0.6) is 0 Å². The van der Waals surface area contributed by atoms with Gasteiger partial charge in [-0.15, -0.1) is 0 Å². The van der Waals surface area contributed by atoms with Crippen LogP contribution in [0.1, 0.15) is 121 Å². The summed E-state index contributed by atoms with van der Waals surface area (Å²) < 4.78 is 0. The first-order chi connectivity index (χ1) is 15.3. The van der Waals surface area contributed by atoms with Gasteiger partial charge in [0.25, 0.3) is 0 Å². The standard InChI is InChI=1S/C31H46/c1-3-5-6-7-8-9-10-11-12-13-27-16-20-29(21-17-27)31-24-22-30(23-25-31)28-18-14-26(4-2)15-19-28/h14-15,18-19,22-25,27,29H,3-13,16-17,20-21H2,1-2H3. The van der Waals surface area contributed by atoms with Crippen molar-refractivity contribution in [3.63, 3.8) is 0 Å². The molecule has 0 heterocycles. The molecule has 3 rings (SSSR count). The quantitative estimate of drug-likeness (QED) is 0.284. The molecule has 0 amide bonds. The molecule has 0 spiro atoms. The van der Waals surface area contributed by atoms with Gasteiger partial charge in [-0.25, -0.2) is 0 Å². The highest BCUT2D eigenvalue weighted by Crippen LogP contribution is 2.38. The molecule has 0 aromatic heterocycles. The van der Waals surface area contributed by atoms with Crippen LogP contribution in [0.2, 0.25) is 0 Å². The summed E-state index contributed by atoms with van der Waals surface area (Å²) in [6.07, 6.45) is 21.3. The van der Waals surface area contributed by atoms with E-state index in [1.165, 1.54) is 107 Å². The van der Waals surface area contributed by atoms with Gasteiger partial charge in [0.05, 0.1) is 0 Å². The lowest BCUT2D eigenvalue weighted by atomic mass is 9.77. The Morgan fingerprint density at radius 2 is 1.10 bits per heavy atom. The summed E-state index contributed by atoms with van der Waals surface area (Å²) >= 11 is 0. The van der Waals surface area contributed by atoms with Crippen molar-refractivity contribution in [2.45, 2.75) is 116 Å². The van der Waals surface area contributed by atoms with Crippen LogP contribution in [0.25, 0.3) is 11.1 Å². The summed E-state index contributed by atoms with van der Waals surface area (Å²) in [6.45, 7) is 4.52. The normalized spacial score (nSPS) is 18.9. The van der Waals surface area contributed by atoms with E-state index in [2.05, 4.69) is 62.4 Å². The molecule has 1 fully saturated rings. The molecule has 2 aromatic carbocycles. The third-order valence-corrected chi connectivity index (χ3v) is 7.64. The predicted octanol–water partition coefficient (Wildman–Crippen LogP) is 10.1. The van der Waals surface area contributed by atoms with Crippen molar-refractivity contribution >= 4 is 0 Å². The predicted molar refractivity (Wildman–Crippen MR) is 138 cm³/mol. The monoisotopic (exact) mass is 418 g/mol. The molecular weight excluding hydrogens is 372 g/mol. The number of benzene rings is 2. The summed E-state index contributed by atoms with van der Waals surface area (Å²) in [5, 5.41) is 0. The highest BCUT2D eigenvalue weighted by Gasteiger charge is 2.22. The van der Waals surface area contributed by atoms with Gasteiger partial charge in [0.2, 0.25) is 0 Å². The summed E-state index contributed by atoms with van der Waals surface area (Å²) in [6, 6.07) is 18.5. The van der Waals surface area contributed by atoms with Crippen molar-refractivity contribution < 1.29 is 0 Å². The SMILES string of the molecule is CCCCCCCCCCCC1CCC(c2ccc(-c3ccc(CC)cc3)cc2)CC1. The Kier molecular flexibility index (Phi) is 10.7. The van der Waals surface area contributed by atoms with E-state index in [9.17, 15) is 0 Å². The van der Waals surface area contributed by atoms with Crippen LogP contribution in [0, 0.1) is 5.92 Å². The lowest BCUT2D eigenvalue weighted by Gasteiger charge is -2.29. The molecule has 1 aliphatic rings. The fraction of sp³-hybridized carbons (Fsp3) is 0.613. The van der Waals surface area contributed by atoms with E-state index in [4.69, 9.17) is 0 Å². The fourth-order valence-electron chi connectivity index (χ4n) is 5.41. The van der Waals surface area contributed by atoms with Crippen molar-refractivity contribution in [1.29, 1.82) is 0 Å². The lowest BCUT2D eigenvalue weighted by molar-refractivity contribution is 0.302. The van der Waals surface area contributed by atoms with E-state index >= 15 is 0 Å². The van der Waals surface area contributed by atoms with Crippen molar-refractivity contribution in [2.24, 2.45) is 5.92 Å². The Morgan fingerprint density at radius 1 is 0.581 bits per heavy atom. The van der Waals surface area contributed by atoms with Crippen molar-refractivity contribution in [2.75, 3.05) is 0 Å². The van der Waals surface area contributed by atoms with E-state index in [0.717, 1.165) is 18.3 Å². The molecule has 0 radical (unpaired) electrons. The maximum Gasteiger partial charge on any atom is -0.0162 e. The molecule has 0 atom stereocenters. The summed E-state index contributed by atoms with van der Waals surface area (Å²) in [5.41, 5.74) is 5.67. The molecule has 0 bridgehead atoms. The molecule has 1 aliphatic carbocycles. The van der Waals surface area contributed by atoms with Gasteiger partial charge in [-0.1, -0.05) is 127 Å². The Bertz CT molecular complexity index is 701. The molecule has 2 aromatic rings. The van der Waals surface area contributed by atoms with Crippen LogP contribution in [-0.4, -0.2) is 0 Å². The van der Waals surface area contributed by atoms with Crippen molar-refractivity contribution in [3.8, 4) is 11.1 Å². The second-order valence-electron chi connectivity index (χ2n) is 10.0. The Morgan fingerprint density at radius 3 is 1.65 bits per heavy atom. The molecule has 31 heavy (non-hydrogen) atoms.